The Hall–Kier alpha value is -5.84. The van der Waals surface area contributed by atoms with Gasteiger partial charge in [-0.15, -0.1) is 0 Å². The van der Waals surface area contributed by atoms with Crippen molar-refractivity contribution in [3.63, 3.8) is 0 Å². The van der Waals surface area contributed by atoms with Crippen molar-refractivity contribution in [1.29, 1.82) is 0 Å². The minimum atomic E-state index is -1.54. The van der Waals surface area contributed by atoms with Gasteiger partial charge in [0.1, 0.15) is 42.3 Å². The zero-order valence-corrected chi connectivity index (χ0v) is 39.2. The zero-order chi connectivity index (χ0) is 48.0. The average Bonchev–Trinajstić information content (AvgIpc) is 3.25. The number of hydrogen-bond donors (Lipinski definition) is 6. The highest BCUT2D eigenvalue weighted by molar-refractivity contribution is 5.97. The molecule has 0 bridgehead atoms. The van der Waals surface area contributed by atoms with Crippen molar-refractivity contribution in [2.24, 2.45) is 17.8 Å². The number of aliphatic hydroxyl groups is 1. The Labute approximate surface area is 377 Å². The number of nitrogens with zero attached hydrogens (tertiary/aromatic N) is 3. The van der Waals surface area contributed by atoms with Gasteiger partial charge in [0.15, 0.2) is 0 Å². The van der Waals surface area contributed by atoms with Crippen molar-refractivity contribution in [3.05, 3.63) is 71.8 Å². The van der Waals surface area contributed by atoms with Crippen LogP contribution in [0.15, 0.2) is 60.7 Å². The molecule has 0 unspecified atom stereocenters. The van der Waals surface area contributed by atoms with Crippen molar-refractivity contribution in [1.82, 2.24) is 41.3 Å². The molecule has 1 heterocycles. The molecule has 3 rings (SSSR count). The molecule has 17 heteroatoms. The Morgan fingerprint density at radius 1 is 0.594 bits per heavy atom. The molecule has 0 spiro atoms. The Balaban J connectivity index is 2.13. The van der Waals surface area contributed by atoms with Crippen LogP contribution < -0.4 is 26.6 Å². The fourth-order valence-corrected chi connectivity index (χ4v) is 7.41. The number of benzene rings is 2. The van der Waals surface area contributed by atoms with E-state index in [9.17, 15) is 43.5 Å². The molecular formula is C47H70N8O9. The molecule has 17 nitrogen and oxygen atoms in total. The monoisotopic (exact) mass is 891 g/mol. The largest absolute Gasteiger partial charge is 0.391 e. The van der Waals surface area contributed by atoms with Gasteiger partial charge < -0.3 is 46.4 Å². The maximum Gasteiger partial charge on any atom is 0.248 e. The van der Waals surface area contributed by atoms with Crippen LogP contribution in [0.4, 0.5) is 0 Å². The lowest BCUT2D eigenvalue weighted by molar-refractivity contribution is -0.150. The molecule has 352 valence electrons. The van der Waals surface area contributed by atoms with Crippen LogP contribution in [0.25, 0.3) is 0 Å². The fraction of sp³-hybridized carbons (Fsp3) is 0.574. The maximum atomic E-state index is 14.7. The Bertz CT molecular complexity index is 1930. The molecule has 1 saturated heterocycles. The molecule has 2 aromatic rings. The van der Waals surface area contributed by atoms with E-state index >= 15 is 0 Å². The highest BCUT2D eigenvalue weighted by atomic mass is 16.3. The smallest absolute Gasteiger partial charge is 0.248 e. The van der Waals surface area contributed by atoms with Crippen LogP contribution >= 0.6 is 0 Å². The van der Waals surface area contributed by atoms with Gasteiger partial charge in [-0.3, -0.25) is 38.4 Å². The molecular weight excluding hydrogens is 821 g/mol. The normalized spacial score (nSPS) is 26.6. The topological polar surface area (TPSA) is 227 Å². The number of carbonyl (C=O) groups excluding carboxylic acids is 8. The molecule has 0 saturated carbocycles. The van der Waals surface area contributed by atoms with Crippen molar-refractivity contribution < 1.29 is 43.5 Å². The van der Waals surface area contributed by atoms with Gasteiger partial charge in [0.05, 0.1) is 6.10 Å². The van der Waals surface area contributed by atoms with E-state index in [1.54, 1.807) is 45.0 Å². The minimum Gasteiger partial charge on any atom is -0.391 e. The van der Waals surface area contributed by atoms with Crippen LogP contribution in [-0.2, 0) is 51.2 Å². The van der Waals surface area contributed by atoms with E-state index in [-0.39, 0.29) is 38.1 Å². The third-order valence-electron chi connectivity index (χ3n) is 11.6. The lowest BCUT2D eigenvalue weighted by Gasteiger charge is -2.37. The number of hydrogen-bond acceptors (Lipinski definition) is 9. The average molecular weight is 891 g/mol. The second-order valence-electron chi connectivity index (χ2n) is 17.9. The van der Waals surface area contributed by atoms with Crippen LogP contribution in [0.2, 0.25) is 0 Å². The van der Waals surface area contributed by atoms with Gasteiger partial charge in [0, 0.05) is 47.0 Å². The van der Waals surface area contributed by atoms with Crippen molar-refractivity contribution in [2.75, 3.05) is 27.7 Å². The third kappa shape index (κ3) is 14.9. The Morgan fingerprint density at radius 2 is 1.14 bits per heavy atom. The van der Waals surface area contributed by atoms with E-state index in [4.69, 9.17) is 0 Å². The Kier molecular flexibility index (Phi) is 19.9. The van der Waals surface area contributed by atoms with Crippen LogP contribution in [0.5, 0.6) is 0 Å². The molecule has 0 aromatic heterocycles. The van der Waals surface area contributed by atoms with E-state index in [1.165, 1.54) is 51.7 Å². The number of amides is 8. The van der Waals surface area contributed by atoms with Gasteiger partial charge in [-0.25, -0.2) is 0 Å². The summed E-state index contributed by atoms with van der Waals surface area (Å²) in [4.78, 5) is 115. The first-order chi connectivity index (χ1) is 30.0. The maximum absolute atomic E-state index is 14.7. The first kappa shape index (κ1) is 52.5. The summed E-state index contributed by atoms with van der Waals surface area (Å²) in [5.41, 5.74) is 1.49. The van der Waals surface area contributed by atoms with Gasteiger partial charge >= 0.3 is 0 Å². The summed E-state index contributed by atoms with van der Waals surface area (Å²) >= 11 is 0. The number of likely N-dealkylation sites (N-methyl/N-ethyl adjacent to an activating group) is 3. The molecule has 2 aromatic carbocycles. The minimum absolute atomic E-state index is 0.0292. The lowest BCUT2D eigenvalue weighted by atomic mass is 9.97. The van der Waals surface area contributed by atoms with E-state index < -0.39 is 107 Å². The van der Waals surface area contributed by atoms with Gasteiger partial charge in [-0.2, -0.15) is 0 Å². The number of rotatable bonds is 8. The number of nitrogens with one attached hydrogen (secondary N) is 5. The summed E-state index contributed by atoms with van der Waals surface area (Å²) in [6.45, 7) is 13.2. The predicted octanol–water partition coefficient (Wildman–Crippen LogP) is 1.17. The van der Waals surface area contributed by atoms with E-state index in [0.717, 1.165) is 10.5 Å². The molecule has 64 heavy (non-hydrogen) atoms. The SMILES string of the molecule is CC(C)C[C@H]1C(=O)N(C)[C@@H](Cc2ccccc2)C(=O)NC[C@@H](C)CC(=O)N[C@H](C(C)C)C(=O)N[C@@H](C)C(=O)N[C@@H]([C@@H](C)O)C(=O)N(C)[C@@H](C)C(=O)N[C@H](Cc2ccccc2)C(=O)N1C. The van der Waals surface area contributed by atoms with Gasteiger partial charge in [0.2, 0.25) is 47.3 Å². The van der Waals surface area contributed by atoms with Crippen molar-refractivity contribution >= 4 is 47.3 Å². The first-order valence-electron chi connectivity index (χ1n) is 22.1. The molecule has 9 atom stereocenters. The van der Waals surface area contributed by atoms with Crippen molar-refractivity contribution in [2.45, 2.75) is 129 Å². The Morgan fingerprint density at radius 3 is 1.67 bits per heavy atom. The van der Waals surface area contributed by atoms with E-state index in [0.29, 0.717) is 5.56 Å². The molecule has 1 aliphatic heterocycles. The highest BCUT2D eigenvalue weighted by Crippen LogP contribution is 2.19. The second kappa shape index (κ2) is 24.3. The summed E-state index contributed by atoms with van der Waals surface area (Å²) in [5.74, 6) is -5.96. The summed E-state index contributed by atoms with van der Waals surface area (Å²) in [6, 6.07) is 9.82. The summed E-state index contributed by atoms with van der Waals surface area (Å²) < 4.78 is 0. The zero-order valence-electron chi connectivity index (χ0n) is 39.2. The molecule has 1 fully saturated rings. The molecule has 0 radical (unpaired) electrons. The van der Waals surface area contributed by atoms with Crippen LogP contribution in [0.3, 0.4) is 0 Å². The second-order valence-corrected chi connectivity index (χ2v) is 17.9. The van der Waals surface area contributed by atoms with Crippen LogP contribution in [0.1, 0.15) is 79.4 Å². The molecule has 1 aliphatic rings. The summed E-state index contributed by atoms with van der Waals surface area (Å²) in [6.07, 6.45) is -1.11. The first-order valence-corrected chi connectivity index (χ1v) is 22.1. The summed E-state index contributed by atoms with van der Waals surface area (Å²) in [7, 11) is 4.33. The van der Waals surface area contributed by atoms with Gasteiger partial charge in [-0.05, 0) is 56.1 Å². The lowest BCUT2D eigenvalue weighted by Crippen LogP contribution is -2.61. The number of carbonyl (C=O) groups is 8. The van der Waals surface area contributed by atoms with Gasteiger partial charge in [-0.1, -0.05) is 95.3 Å². The fourth-order valence-electron chi connectivity index (χ4n) is 7.41. The molecule has 8 amide bonds. The summed E-state index contributed by atoms with van der Waals surface area (Å²) in [5, 5.41) is 24.2. The van der Waals surface area contributed by atoms with E-state index in [1.807, 2.05) is 50.2 Å². The highest BCUT2D eigenvalue weighted by Gasteiger charge is 2.40. The quantitative estimate of drug-likeness (QED) is 0.224. The molecule has 0 aliphatic carbocycles. The third-order valence-corrected chi connectivity index (χ3v) is 11.6. The van der Waals surface area contributed by atoms with Crippen LogP contribution in [-0.4, -0.2) is 143 Å². The van der Waals surface area contributed by atoms with E-state index in [2.05, 4.69) is 26.6 Å². The number of aliphatic hydroxyl groups excluding tert-OH is 1. The van der Waals surface area contributed by atoms with Crippen LogP contribution in [0, 0.1) is 17.8 Å². The van der Waals surface area contributed by atoms with Crippen molar-refractivity contribution in [3.8, 4) is 0 Å². The molecule has 6 N–H and O–H groups in total. The standard InChI is InChI=1S/C47H70N8O9/c1-27(2)22-37-46(63)54(10)36(25-34-20-16-13-17-21-34)43(60)48-26-29(5)23-38(57)51-39(28(3)4)44(61)49-30(6)41(58)52-40(32(8)56)47(64)53(9)31(7)42(59)50-35(45(62)55(37)11)24-33-18-14-12-15-19-33/h12-21,27-32,35-37,39-40,56H,22-26H2,1-11H3,(H,48,60)(H,49,61)(H,50,59)(H,51,57)(H,52,58)/t29-,30-,31-,32+,35+,36-,37-,39+,40-/m0/s1. The van der Waals surface area contributed by atoms with Gasteiger partial charge in [0.25, 0.3) is 0 Å². The predicted molar refractivity (Wildman–Crippen MR) is 242 cm³/mol.